The average molecular weight is 488 g/mol. The summed E-state index contributed by atoms with van der Waals surface area (Å²) in [7, 11) is -5.01. The number of aliphatic hydroxyl groups excluding tert-OH is 2. The molecule has 0 radical (unpaired) electrons. The number of aromatic nitrogens is 2. The van der Waals surface area contributed by atoms with E-state index in [0.717, 1.165) is 4.57 Å². The maximum atomic E-state index is 12.0. The first-order valence-corrected chi connectivity index (χ1v) is 11.9. The topological polar surface area (TPSA) is 216 Å². The van der Waals surface area contributed by atoms with Gasteiger partial charge in [-0.15, -0.1) is 0 Å². The standard InChI is InChI=1S/C14H26N4O11P2/c1-18(2,3)6-7-26-30(22,23)29-31(24,25)27-8-9-11(19)12(20)13(28-9)17-5-4-10(15)16-14(17)21/h4-5,9,11-13,19-20H,6-8H2,1-3H3,(H3-,15,16,21,22,23,24,25)/t9-,11+,12-,13-/m1/s1. The van der Waals surface area contributed by atoms with Crippen LogP contribution in [-0.2, 0) is 27.2 Å². The average Bonchev–Trinajstić information content (AvgIpc) is 2.86. The largest absolute Gasteiger partial charge is 0.756 e. The van der Waals surface area contributed by atoms with Gasteiger partial charge in [-0.1, -0.05) is 0 Å². The first-order chi connectivity index (χ1) is 14.1. The number of anilines is 1. The molecule has 2 heterocycles. The van der Waals surface area contributed by atoms with Crippen LogP contribution in [0.2, 0.25) is 0 Å². The van der Waals surface area contributed by atoms with E-state index in [2.05, 4.69) is 18.3 Å². The fraction of sp³-hybridized carbons (Fsp3) is 0.714. The molecule has 1 saturated heterocycles. The van der Waals surface area contributed by atoms with Gasteiger partial charge in [-0.2, -0.15) is 4.98 Å². The lowest BCUT2D eigenvalue weighted by Crippen LogP contribution is -2.37. The Morgan fingerprint density at radius 3 is 2.52 bits per heavy atom. The predicted molar refractivity (Wildman–Crippen MR) is 102 cm³/mol. The summed E-state index contributed by atoms with van der Waals surface area (Å²) >= 11 is 0. The lowest BCUT2D eigenvalue weighted by atomic mass is 10.1. The minimum absolute atomic E-state index is 0.0711. The fourth-order valence-electron chi connectivity index (χ4n) is 2.48. The molecule has 17 heteroatoms. The van der Waals surface area contributed by atoms with Gasteiger partial charge in [0.05, 0.1) is 27.7 Å². The molecule has 0 aliphatic carbocycles. The van der Waals surface area contributed by atoms with Crippen molar-refractivity contribution in [2.75, 3.05) is 46.6 Å². The zero-order valence-corrected chi connectivity index (χ0v) is 18.8. The number of likely N-dealkylation sites (N-methyl/N-ethyl adjacent to an activating group) is 1. The first kappa shape index (κ1) is 26.0. The Morgan fingerprint density at radius 1 is 1.29 bits per heavy atom. The van der Waals surface area contributed by atoms with Gasteiger partial charge >= 0.3 is 13.5 Å². The molecule has 0 saturated carbocycles. The lowest BCUT2D eigenvalue weighted by molar-refractivity contribution is -0.870. The number of ether oxygens (including phenoxy) is 1. The molecular formula is C14H26N4O11P2. The third-order valence-electron chi connectivity index (χ3n) is 4.08. The lowest BCUT2D eigenvalue weighted by Gasteiger charge is -2.28. The molecule has 0 spiro atoms. The second-order valence-corrected chi connectivity index (χ2v) is 10.7. The summed E-state index contributed by atoms with van der Waals surface area (Å²) in [5, 5.41) is 20.2. The molecule has 2 rings (SSSR count). The van der Waals surface area contributed by atoms with Crippen LogP contribution >= 0.6 is 15.6 Å². The van der Waals surface area contributed by atoms with Crippen LogP contribution in [0.15, 0.2) is 17.1 Å². The van der Waals surface area contributed by atoms with E-state index in [-0.39, 0.29) is 19.0 Å². The van der Waals surface area contributed by atoms with Crippen molar-refractivity contribution in [2.24, 2.45) is 0 Å². The third kappa shape index (κ3) is 7.70. The van der Waals surface area contributed by atoms with E-state index in [9.17, 15) is 33.9 Å². The molecule has 15 nitrogen and oxygen atoms in total. The van der Waals surface area contributed by atoms with E-state index < -0.39 is 52.5 Å². The molecule has 0 bridgehead atoms. The normalized spacial score (nSPS) is 28.2. The molecular weight excluding hydrogens is 462 g/mol. The van der Waals surface area contributed by atoms with Crippen molar-refractivity contribution < 1.29 is 51.7 Å². The molecule has 178 valence electrons. The number of phosphoric ester groups is 2. The SMILES string of the molecule is C[N+](C)(C)CCOP(=O)([O-])OP(=O)(O)OC[C@H]1O[C@@H](n2ccc(N)nc2=O)[C@H](O)[C@H]1O. The van der Waals surface area contributed by atoms with Crippen molar-refractivity contribution in [1.29, 1.82) is 0 Å². The van der Waals surface area contributed by atoms with E-state index in [0.29, 0.717) is 4.48 Å². The van der Waals surface area contributed by atoms with Crippen LogP contribution in [-0.4, -0.2) is 88.4 Å². The van der Waals surface area contributed by atoms with Crippen LogP contribution in [0.1, 0.15) is 6.23 Å². The Bertz CT molecular complexity index is 920. The minimum atomic E-state index is -5.18. The zero-order chi connectivity index (χ0) is 23.6. The summed E-state index contributed by atoms with van der Waals surface area (Å²) in [5.41, 5.74) is 4.52. The Balaban J connectivity index is 1.96. The molecule has 1 aliphatic heterocycles. The van der Waals surface area contributed by atoms with E-state index in [4.69, 9.17) is 10.5 Å². The molecule has 5 N–H and O–H groups in total. The van der Waals surface area contributed by atoms with E-state index in [1.54, 1.807) is 21.1 Å². The summed E-state index contributed by atoms with van der Waals surface area (Å²) in [4.78, 5) is 36.7. The number of aliphatic hydroxyl groups is 2. The van der Waals surface area contributed by atoms with Gasteiger partial charge in [0, 0.05) is 6.20 Å². The van der Waals surface area contributed by atoms with Crippen LogP contribution in [0.25, 0.3) is 0 Å². The van der Waals surface area contributed by atoms with Crippen molar-refractivity contribution in [2.45, 2.75) is 24.5 Å². The number of nitrogens with zero attached hydrogens (tertiary/aromatic N) is 3. The van der Waals surface area contributed by atoms with Crippen LogP contribution in [0.3, 0.4) is 0 Å². The molecule has 1 aliphatic rings. The Morgan fingerprint density at radius 2 is 1.94 bits per heavy atom. The molecule has 1 fully saturated rings. The summed E-state index contributed by atoms with van der Waals surface area (Å²) < 4.78 is 43.4. The highest BCUT2D eigenvalue weighted by atomic mass is 31.3. The maximum absolute atomic E-state index is 12.0. The summed E-state index contributed by atoms with van der Waals surface area (Å²) in [6.07, 6.45) is -4.89. The molecule has 0 aromatic carbocycles. The van der Waals surface area contributed by atoms with Gasteiger partial charge in [-0.3, -0.25) is 13.7 Å². The van der Waals surface area contributed by atoms with Crippen molar-refractivity contribution in [3.05, 3.63) is 22.7 Å². The maximum Gasteiger partial charge on any atom is 0.478 e. The van der Waals surface area contributed by atoms with Gasteiger partial charge in [-0.25, -0.2) is 13.7 Å². The van der Waals surface area contributed by atoms with Gasteiger partial charge in [0.15, 0.2) is 6.23 Å². The van der Waals surface area contributed by atoms with E-state index in [1.807, 2.05) is 0 Å². The highest BCUT2D eigenvalue weighted by Crippen LogP contribution is 2.58. The number of rotatable bonds is 10. The predicted octanol–water partition coefficient (Wildman–Crippen LogP) is -2.23. The molecule has 1 aromatic heterocycles. The zero-order valence-electron chi connectivity index (χ0n) is 17.0. The van der Waals surface area contributed by atoms with E-state index >= 15 is 0 Å². The van der Waals surface area contributed by atoms with E-state index in [1.165, 1.54) is 12.3 Å². The van der Waals surface area contributed by atoms with Crippen LogP contribution in [0.4, 0.5) is 5.82 Å². The minimum Gasteiger partial charge on any atom is -0.756 e. The second kappa shape index (κ2) is 9.73. The summed E-state index contributed by atoms with van der Waals surface area (Å²) in [5.74, 6) is -0.0711. The smallest absolute Gasteiger partial charge is 0.478 e. The Hall–Kier alpha value is -1.22. The second-order valence-electron chi connectivity index (χ2n) is 7.73. The van der Waals surface area contributed by atoms with Crippen molar-refractivity contribution in [3.63, 3.8) is 0 Å². The van der Waals surface area contributed by atoms with Crippen molar-refractivity contribution >= 4 is 21.5 Å². The summed E-state index contributed by atoms with van der Waals surface area (Å²) in [6, 6.07) is 1.26. The van der Waals surface area contributed by atoms with Crippen LogP contribution < -0.4 is 16.3 Å². The number of quaternary nitrogens is 1. The third-order valence-corrected chi connectivity index (χ3v) is 6.68. The molecule has 6 atom stereocenters. The quantitative estimate of drug-likeness (QED) is 0.203. The number of hydrogen-bond acceptors (Lipinski definition) is 12. The molecule has 1 aromatic rings. The number of phosphoric acid groups is 2. The van der Waals surface area contributed by atoms with Crippen molar-refractivity contribution in [1.82, 2.24) is 9.55 Å². The number of hydrogen-bond donors (Lipinski definition) is 4. The highest BCUT2D eigenvalue weighted by molar-refractivity contribution is 7.60. The van der Waals surface area contributed by atoms with Gasteiger partial charge < -0.3 is 39.5 Å². The fourth-order valence-corrected chi connectivity index (χ4v) is 4.51. The molecule has 0 amide bonds. The highest BCUT2D eigenvalue weighted by Gasteiger charge is 2.45. The molecule has 31 heavy (non-hydrogen) atoms. The Labute approximate surface area is 177 Å². The van der Waals surface area contributed by atoms with Crippen molar-refractivity contribution in [3.8, 4) is 0 Å². The Kier molecular flexibility index (Phi) is 8.17. The van der Waals surface area contributed by atoms with Gasteiger partial charge in [-0.05, 0) is 6.07 Å². The van der Waals surface area contributed by atoms with Crippen LogP contribution in [0.5, 0.6) is 0 Å². The number of nitrogens with two attached hydrogens (primary N) is 1. The molecule has 2 unspecified atom stereocenters. The first-order valence-electron chi connectivity index (χ1n) is 8.91. The summed E-state index contributed by atoms with van der Waals surface area (Å²) in [6.45, 7) is -0.877. The monoisotopic (exact) mass is 488 g/mol. The van der Waals surface area contributed by atoms with Gasteiger partial charge in [0.25, 0.3) is 7.82 Å². The van der Waals surface area contributed by atoms with Gasteiger partial charge in [0.1, 0.15) is 37.3 Å². The van der Waals surface area contributed by atoms with Crippen LogP contribution in [0, 0.1) is 0 Å². The van der Waals surface area contributed by atoms with Gasteiger partial charge in [0.2, 0.25) is 0 Å². The number of nitrogen functional groups attached to an aromatic ring is 1.